The van der Waals surface area contributed by atoms with Crippen LogP contribution in [0.2, 0.25) is 0 Å². The molecule has 31 heavy (non-hydrogen) atoms. The normalized spacial score (nSPS) is 23.0. The van der Waals surface area contributed by atoms with E-state index in [0.29, 0.717) is 12.3 Å². The Labute approximate surface area is 189 Å². The van der Waals surface area contributed by atoms with E-state index < -0.39 is 29.3 Å². The van der Waals surface area contributed by atoms with E-state index in [1.54, 1.807) is 0 Å². The fourth-order valence-electron chi connectivity index (χ4n) is 5.10. The van der Waals surface area contributed by atoms with Gasteiger partial charge in [-0.3, -0.25) is 14.4 Å². The lowest BCUT2D eigenvalue weighted by atomic mass is 9.64. The quantitative estimate of drug-likeness (QED) is 0.487. The van der Waals surface area contributed by atoms with Crippen LogP contribution >= 0.6 is 0 Å². The second-order valence-corrected chi connectivity index (χ2v) is 12.0. The van der Waals surface area contributed by atoms with Crippen LogP contribution in [0.3, 0.4) is 0 Å². The number of rotatable bonds is 8. The van der Waals surface area contributed by atoms with Crippen molar-refractivity contribution in [3.63, 3.8) is 0 Å². The maximum Gasteiger partial charge on any atom is 0.316 e. The number of carbonyl (C=O) groups is 3. The predicted octanol–water partition coefficient (Wildman–Crippen LogP) is 4.48. The van der Waals surface area contributed by atoms with Gasteiger partial charge in [-0.15, -0.1) is 0 Å². The van der Waals surface area contributed by atoms with Gasteiger partial charge >= 0.3 is 5.97 Å². The van der Waals surface area contributed by atoms with Gasteiger partial charge in [0.25, 0.3) is 0 Å². The predicted molar refractivity (Wildman–Crippen MR) is 124 cm³/mol. The van der Waals surface area contributed by atoms with Gasteiger partial charge in [-0.1, -0.05) is 55.4 Å². The molecule has 2 amide bonds. The summed E-state index contributed by atoms with van der Waals surface area (Å²) in [5, 5.41) is 15.5. The molecule has 0 radical (unpaired) electrons. The monoisotopic (exact) mass is 438 g/mol. The molecule has 180 valence electrons. The van der Waals surface area contributed by atoms with Gasteiger partial charge in [0.2, 0.25) is 11.8 Å². The summed E-state index contributed by atoms with van der Waals surface area (Å²) in [6.07, 6.45) is 4.73. The summed E-state index contributed by atoms with van der Waals surface area (Å²) in [7, 11) is 1.52. The minimum absolute atomic E-state index is 0.209. The maximum absolute atomic E-state index is 13.3. The zero-order valence-corrected chi connectivity index (χ0v) is 21.2. The molecule has 0 bridgehead atoms. The molecule has 0 spiro atoms. The molecule has 0 heterocycles. The minimum atomic E-state index is -1.15. The highest BCUT2D eigenvalue weighted by atomic mass is 16.4. The molecule has 0 aromatic carbocycles. The second kappa shape index (κ2) is 10.8. The molecule has 0 aromatic heterocycles. The lowest BCUT2D eigenvalue weighted by Crippen LogP contribution is -2.56. The Morgan fingerprint density at radius 3 is 1.81 bits per heavy atom. The minimum Gasteiger partial charge on any atom is -0.481 e. The Morgan fingerprint density at radius 2 is 1.45 bits per heavy atom. The number of aliphatic carboxylic acids is 1. The molecule has 1 rings (SSSR count). The first kappa shape index (κ1) is 27.4. The smallest absolute Gasteiger partial charge is 0.316 e. The summed E-state index contributed by atoms with van der Waals surface area (Å²) in [5.41, 5.74) is -0.285. The van der Waals surface area contributed by atoms with Crippen LogP contribution in [0.15, 0.2) is 0 Å². The van der Waals surface area contributed by atoms with Gasteiger partial charge in [0.1, 0.15) is 12.0 Å². The lowest BCUT2D eigenvalue weighted by Gasteiger charge is -2.41. The molecule has 3 N–H and O–H groups in total. The number of carbonyl (C=O) groups excluding carboxylic acids is 2. The van der Waals surface area contributed by atoms with Gasteiger partial charge in [0, 0.05) is 7.05 Å². The van der Waals surface area contributed by atoms with Crippen LogP contribution in [0.5, 0.6) is 0 Å². The molecule has 0 saturated heterocycles. The molecular weight excluding hydrogens is 392 g/mol. The van der Waals surface area contributed by atoms with E-state index >= 15 is 0 Å². The van der Waals surface area contributed by atoms with Gasteiger partial charge in [-0.25, -0.2) is 0 Å². The van der Waals surface area contributed by atoms with E-state index in [0.717, 1.165) is 25.7 Å². The molecular formula is C25H46N2O4. The molecule has 1 fully saturated rings. The zero-order valence-electron chi connectivity index (χ0n) is 21.2. The number of likely N-dealkylation sites (N-methyl/N-ethyl adjacent to an activating group) is 1. The van der Waals surface area contributed by atoms with E-state index in [1.807, 2.05) is 20.8 Å². The molecule has 0 aliphatic heterocycles. The molecule has 1 aliphatic carbocycles. The lowest BCUT2D eigenvalue weighted by molar-refractivity contribution is -0.152. The van der Waals surface area contributed by atoms with Gasteiger partial charge in [0.15, 0.2) is 0 Å². The van der Waals surface area contributed by atoms with Crippen LogP contribution in [0, 0.1) is 40.4 Å². The molecule has 6 nitrogen and oxygen atoms in total. The third-order valence-corrected chi connectivity index (χ3v) is 6.98. The van der Waals surface area contributed by atoms with Crippen molar-refractivity contribution in [2.45, 2.75) is 93.5 Å². The van der Waals surface area contributed by atoms with Crippen molar-refractivity contribution in [1.29, 1.82) is 0 Å². The third-order valence-electron chi connectivity index (χ3n) is 6.98. The van der Waals surface area contributed by atoms with Gasteiger partial charge in [0.05, 0.1) is 0 Å². The van der Waals surface area contributed by atoms with Crippen LogP contribution in [0.4, 0.5) is 0 Å². The van der Waals surface area contributed by atoms with Crippen molar-refractivity contribution in [3.05, 3.63) is 0 Å². The van der Waals surface area contributed by atoms with E-state index in [1.165, 1.54) is 7.05 Å². The van der Waals surface area contributed by atoms with Gasteiger partial charge < -0.3 is 15.7 Å². The number of hydrogen-bond donors (Lipinski definition) is 3. The van der Waals surface area contributed by atoms with Crippen LogP contribution < -0.4 is 10.6 Å². The second-order valence-electron chi connectivity index (χ2n) is 12.0. The highest BCUT2D eigenvalue weighted by Gasteiger charge is 2.44. The first-order valence-electron chi connectivity index (χ1n) is 11.8. The molecule has 0 unspecified atom stereocenters. The number of amides is 2. The molecule has 0 aromatic rings. The first-order chi connectivity index (χ1) is 14.1. The number of carboxylic acid groups (broad SMARTS) is 1. The van der Waals surface area contributed by atoms with E-state index in [-0.39, 0.29) is 29.1 Å². The average Bonchev–Trinajstić information content (AvgIpc) is 2.62. The topological polar surface area (TPSA) is 95.5 Å². The Morgan fingerprint density at radius 1 is 0.935 bits per heavy atom. The number of hydrogen-bond acceptors (Lipinski definition) is 3. The average molecular weight is 439 g/mol. The summed E-state index contributed by atoms with van der Waals surface area (Å²) in [6, 6.07) is -0.789. The zero-order chi connectivity index (χ0) is 24.1. The number of carboxylic acids is 1. The summed E-state index contributed by atoms with van der Waals surface area (Å²) in [6.45, 7) is 16.5. The van der Waals surface area contributed by atoms with Gasteiger partial charge in [-0.05, 0) is 66.6 Å². The highest BCUT2D eigenvalue weighted by molar-refractivity contribution is 5.99. The van der Waals surface area contributed by atoms with E-state index in [4.69, 9.17) is 0 Å². The summed E-state index contributed by atoms with van der Waals surface area (Å²) >= 11 is 0. The summed E-state index contributed by atoms with van der Waals surface area (Å²) in [5.74, 6) is -2.20. The van der Waals surface area contributed by atoms with Crippen LogP contribution in [0.25, 0.3) is 0 Å². The van der Waals surface area contributed by atoms with Crippen LogP contribution in [0.1, 0.15) is 87.5 Å². The standard InChI is InChI=1S/C25H46N2O4/c1-15(2)14-18(16-10-12-17(13-11-16)24(3,4)5)19(23(30)31)21(28)27-20(22(29)26-9)25(6,7)8/h15-20H,10-14H2,1-9H3,(H,26,29)(H,27,28)(H,30,31)/t16?,17?,18-,19+,20-/m1/s1. The van der Waals surface area contributed by atoms with E-state index in [2.05, 4.69) is 45.3 Å². The van der Waals surface area contributed by atoms with Crippen LogP contribution in [-0.4, -0.2) is 36.0 Å². The molecule has 1 aliphatic rings. The molecule has 6 heteroatoms. The fraction of sp³-hybridized carbons (Fsp3) is 0.880. The first-order valence-corrected chi connectivity index (χ1v) is 11.8. The van der Waals surface area contributed by atoms with Crippen molar-refractivity contribution < 1.29 is 19.5 Å². The van der Waals surface area contributed by atoms with Crippen molar-refractivity contribution in [1.82, 2.24) is 10.6 Å². The van der Waals surface area contributed by atoms with Crippen molar-refractivity contribution >= 4 is 17.8 Å². The van der Waals surface area contributed by atoms with Crippen molar-refractivity contribution in [2.75, 3.05) is 7.05 Å². The molecule has 1 saturated carbocycles. The Bertz CT molecular complexity index is 622. The Balaban J connectivity index is 3.14. The van der Waals surface area contributed by atoms with Crippen molar-refractivity contribution in [2.24, 2.45) is 40.4 Å². The summed E-state index contributed by atoms with van der Waals surface area (Å²) in [4.78, 5) is 38.0. The number of nitrogens with one attached hydrogen (secondary N) is 2. The Hall–Kier alpha value is -1.59. The SMILES string of the molecule is CNC(=O)[C@@H](NC(=O)[C@@H](C(=O)O)[C@H](CC(C)C)C1CCC(C(C)(C)C)CC1)C(C)(C)C. The highest BCUT2D eigenvalue weighted by Crippen LogP contribution is 2.45. The third kappa shape index (κ3) is 7.80. The molecule has 3 atom stereocenters. The largest absolute Gasteiger partial charge is 0.481 e. The Kier molecular flexibility index (Phi) is 9.58. The van der Waals surface area contributed by atoms with Crippen molar-refractivity contribution in [3.8, 4) is 0 Å². The van der Waals surface area contributed by atoms with Crippen LogP contribution in [-0.2, 0) is 14.4 Å². The van der Waals surface area contributed by atoms with Gasteiger partial charge in [-0.2, -0.15) is 0 Å². The van der Waals surface area contributed by atoms with E-state index in [9.17, 15) is 19.5 Å². The maximum atomic E-state index is 13.3. The fourth-order valence-corrected chi connectivity index (χ4v) is 5.10. The summed E-state index contributed by atoms with van der Waals surface area (Å²) < 4.78 is 0.